The summed E-state index contributed by atoms with van der Waals surface area (Å²) in [6.45, 7) is 9.46. The van der Waals surface area contributed by atoms with Crippen LogP contribution in [0.2, 0.25) is 0 Å². The minimum atomic E-state index is -0.663. The molecule has 3 aliphatic heterocycles. The Balaban J connectivity index is 1.14. The Morgan fingerprint density at radius 3 is 2.43 bits per heavy atom. The van der Waals surface area contributed by atoms with Crippen molar-refractivity contribution in [3.63, 3.8) is 0 Å². The number of nitrogens with one attached hydrogen (secondary N) is 1. The highest BCUT2D eigenvalue weighted by Gasteiger charge is 2.41. The number of aromatic nitrogens is 2. The number of ether oxygens (including phenoxy) is 2. The number of fused-ring (bicyclic) bond motifs is 3. The van der Waals surface area contributed by atoms with Gasteiger partial charge >= 0.3 is 12.1 Å². The second-order valence-electron chi connectivity index (χ2n) is 13.0. The molecule has 0 saturated carbocycles. The van der Waals surface area contributed by atoms with Crippen LogP contribution in [0.25, 0.3) is 11.3 Å². The van der Waals surface area contributed by atoms with Gasteiger partial charge in [-0.1, -0.05) is 12.1 Å². The highest BCUT2D eigenvalue weighted by atomic mass is 16.6. The van der Waals surface area contributed by atoms with Crippen LogP contribution in [-0.4, -0.2) is 107 Å². The first-order valence-electron chi connectivity index (χ1n) is 15.5. The van der Waals surface area contributed by atoms with Crippen molar-refractivity contribution in [2.45, 2.75) is 58.0 Å². The SMILES string of the molecule is CC(C)(C)OC(=O)N1CCCC(C(=O)N2CCC(c3[nH]nc4c3C(=O)c3c-4cccc3N(C(N)=O)N3CCOCC3)CC2)C1. The molecule has 1 unspecified atom stereocenters. The van der Waals surface area contributed by atoms with Crippen LogP contribution in [0.1, 0.15) is 74.0 Å². The summed E-state index contributed by atoms with van der Waals surface area (Å²) in [5, 5.41) is 10.9. The number of H-pyrrole nitrogens is 1. The first-order valence-corrected chi connectivity index (χ1v) is 15.5. The molecular weight excluding hydrogens is 566 g/mol. The highest BCUT2D eigenvalue weighted by molar-refractivity contribution is 6.25. The standard InChI is InChI=1S/C31H41N7O6/c1-31(2,3)44-30(42)36-11-5-6-20(18-36)28(40)35-12-9-19(10-13-35)25-24-26(34-33-25)21-7-4-8-22(23(21)27(24)39)38(29(32)41)37-14-16-43-17-15-37/h4,7-8,19-20H,5-6,9-18H2,1-3H3,(H2,32,41)(H,33,34). The summed E-state index contributed by atoms with van der Waals surface area (Å²) in [5.74, 6) is -0.349. The number of primary amides is 1. The van der Waals surface area contributed by atoms with Gasteiger partial charge in [0, 0.05) is 50.7 Å². The lowest BCUT2D eigenvalue weighted by Gasteiger charge is -2.38. The molecule has 1 aromatic carbocycles. The maximum absolute atomic E-state index is 14.0. The average Bonchev–Trinajstić information content (AvgIpc) is 3.56. The van der Waals surface area contributed by atoms with Gasteiger partial charge in [-0.3, -0.25) is 14.7 Å². The Kier molecular flexibility index (Phi) is 8.10. The molecule has 0 bridgehead atoms. The first-order chi connectivity index (χ1) is 21.0. The van der Waals surface area contributed by atoms with Gasteiger partial charge in [-0.15, -0.1) is 0 Å². The van der Waals surface area contributed by atoms with Crippen LogP contribution in [0.4, 0.5) is 15.3 Å². The lowest BCUT2D eigenvalue weighted by molar-refractivity contribution is -0.138. The minimum absolute atomic E-state index is 0.0214. The number of carbonyl (C=O) groups excluding carboxylic acids is 4. The van der Waals surface area contributed by atoms with Gasteiger partial charge in [-0.05, 0) is 52.5 Å². The van der Waals surface area contributed by atoms with E-state index < -0.39 is 11.6 Å². The fourth-order valence-electron chi connectivity index (χ4n) is 6.84. The number of nitrogens with zero attached hydrogens (tertiary/aromatic N) is 5. The summed E-state index contributed by atoms with van der Waals surface area (Å²) in [5.41, 5.74) is 8.65. The van der Waals surface area contributed by atoms with Crippen LogP contribution in [0.3, 0.4) is 0 Å². The molecule has 44 heavy (non-hydrogen) atoms. The lowest BCUT2D eigenvalue weighted by Crippen LogP contribution is -2.54. The van der Waals surface area contributed by atoms with Gasteiger partial charge in [0.2, 0.25) is 5.91 Å². The number of carbonyl (C=O) groups is 4. The van der Waals surface area contributed by atoms with Crippen molar-refractivity contribution >= 4 is 29.5 Å². The second-order valence-corrected chi connectivity index (χ2v) is 13.0. The molecule has 4 heterocycles. The van der Waals surface area contributed by atoms with Gasteiger partial charge in [-0.25, -0.2) is 19.6 Å². The molecule has 3 N–H and O–H groups in total. The maximum Gasteiger partial charge on any atom is 0.410 e. The predicted octanol–water partition coefficient (Wildman–Crippen LogP) is 3.11. The molecule has 3 fully saturated rings. The lowest BCUT2D eigenvalue weighted by atomic mass is 9.89. The normalized spacial score (nSPS) is 21.2. The number of piperidine rings is 2. The molecule has 1 aromatic heterocycles. The predicted molar refractivity (Wildman–Crippen MR) is 161 cm³/mol. The smallest absolute Gasteiger partial charge is 0.410 e. The first kappa shape index (κ1) is 30.1. The van der Waals surface area contributed by atoms with Crippen LogP contribution in [0, 0.1) is 5.92 Å². The second kappa shape index (κ2) is 11.8. The zero-order valence-corrected chi connectivity index (χ0v) is 25.6. The molecule has 3 saturated heterocycles. The van der Waals surface area contributed by atoms with Gasteiger partial charge < -0.3 is 25.0 Å². The van der Waals surface area contributed by atoms with E-state index in [-0.39, 0.29) is 29.6 Å². The zero-order valence-electron chi connectivity index (χ0n) is 25.6. The molecule has 13 heteroatoms. The molecule has 0 radical (unpaired) electrons. The Morgan fingerprint density at radius 2 is 1.75 bits per heavy atom. The number of hydrazine groups is 1. The number of anilines is 1. The van der Waals surface area contributed by atoms with Crippen molar-refractivity contribution in [3.05, 3.63) is 35.0 Å². The number of urea groups is 1. The number of hydrogen-bond donors (Lipinski definition) is 2. The van der Waals surface area contributed by atoms with E-state index >= 15 is 0 Å². The Hall–Kier alpha value is -3.97. The average molecular weight is 608 g/mol. The van der Waals surface area contributed by atoms with E-state index in [4.69, 9.17) is 15.2 Å². The van der Waals surface area contributed by atoms with E-state index in [2.05, 4.69) is 10.2 Å². The zero-order chi connectivity index (χ0) is 31.2. The van der Waals surface area contributed by atoms with E-state index in [0.29, 0.717) is 93.4 Å². The minimum Gasteiger partial charge on any atom is -0.444 e. The van der Waals surface area contributed by atoms with Crippen molar-refractivity contribution in [2.24, 2.45) is 11.7 Å². The Morgan fingerprint density at radius 1 is 1.02 bits per heavy atom. The van der Waals surface area contributed by atoms with Gasteiger partial charge in [-0.2, -0.15) is 5.10 Å². The van der Waals surface area contributed by atoms with Gasteiger partial charge in [0.15, 0.2) is 5.78 Å². The molecule has 13 nitrogen and oxygen atoms in total. The van der Waals surface area contributed by atoms with Crippen molar-refractivity contribution in [2.75, 3.05) is 57.5 Å². The summed E-state index contributed by atoms with van der Waals surface area (Å²) in [4.78, 5) is 56.3. The molecule has 0 spiro atoms. The van der Waals surface area contributed by atoms with Crippen LogP contribution >= 0.6 is 0 Å². The van der Waals surface area contributed by atoms with Crippen LogP contribution in [-0.2, 0) is 14.3 Å². The number of ketones is 1. The van der Waals surface area contributed by atoms with Gasteiger partial charge in [0.25, 0.3) is 0 Å². The van der Waals surface area contributed by atoms with Crippen LogP contribution < -0.4 is 10.7 Å². The highest BCUT2D eigenvalue weighted by Crippen LogP contribution is 2.44. The fourth-order valence-corrected chi connectivity index (χ4v) is 6.84. The summed E-state index contributed by atoms with van der Waals surface area (Å²) in [6, 6.07) is 4.73. The number of nitrogens with two attached hydrogens (primary N) is 1. The van der Waals surface area contributed by atoms with Crippen LogP contribution in [0.5, 0.6) is 0 Å². The van der Waals surface area contributed by atoms with Crippen molar-refractivity contribution < 1.29 is 28.7 Å². The molecule has 2 aromatic rings. The third-order valence-corrected chi connectivity index (χ3v) is 8.89. The number of morpholine rings is 1. The number of amides is 4. The molecule has 4 aliphatic rings. The van der Waals surface area contributed by atoms with Crippen LogP contribution in [0.15, 0.2) is 18.2 Å². The van der Waals surface area contributed by atoms with E-state index in [1.807, 2.05) is 36.7 Å². The number of hydrogen-bond acceptors (Lipinski definition) is 8. The van der Waals surface area contributed by atoms with Gasteiger partial charge in [0.05, 0.1) is 41.6 Å². The number of likely N-dealkylation sites (tertiary alicyclic amines) is 2. The Labute approximate surface area is 256 Å². The van der Waals surface area contributed by atoms with Crippen molar-refractivity contribution in [1.82, 2.24) is 25.0 Å². The monoisotopic (exact) mass is 607 g/mol. The summed E-state index contributed by atoms with van der Waals surface area (Å²) < 4.78 is 11.0. The molecule has 6 rings (SSSR count). The third kappa shape index (κ3) is 5.65. The number of benzene rings is 1. The molecule has 236 valence electrons. The fraction of sp³-hybridized carbons (Fsp3) is 0.581. The molecule has 1 aliphatic carbocycles. The summed E-state index contributed by atoms with van der Waals surface area (Å²) >= 11 is 0. The topological polar surface area (TPSA) is 154 Å². The summed E-state index contributed by atoms with van der Waals surface area (Å²) in [6.07, 6.45) is 2.49. The third-order valence-electron chi connectivity index (χ3n) is 8.89. The van der Waals surface area contributed by atoms with Crippen molar-refractivity contribution in [3.8, 4) is 11.3 Å². The summed E-state index contributed by atoms with van der Waals surface area (Å²) in [7, 11) is 0. The molecular formula is C31H41N7O6. The van der Waals surface area contributed by atoms with Gasteiger partial charge in [0.1, 0.15) is 11.3 Å². The Bertz CT molecular complexity index is 1450. The van der Waals surface area contributed by atoms with E-state index in [1.54, 1.807) is 17.0 Å². The largest absolute Gasteiger partial charge is 0.444 e. The number of aromatic amines is 1. The number of rotatable bonds is 4. The molecule has 4 amide bonds. The van der Waals surface area contributed by atoms with Crippen molar-refractivity contribution in [1.29, 1.82) is 0 Å². The van der Waals surface area contributed by atoms with E-state index in [0.717, 1.165) is 18.5 Å². The maximum atomic E-state index is 14.0. The van der Waals surface area contributed by atoms with E-state index in [9.17, 15) is 19.2 Å². The van der Waals surface area contributed by atoms with E-state index in [1.165, 1.54) is 5.01 Å². The quantitative estimate of drug-likeness (QED) is 0.459. The molecule has 1 atom stereocenters.